The molecule has 4 rings (SSSR count). The second-order valence-corrected chi connectivity index (χ2v) is 8.12. The lowest BCUT2D eigenvalue weighted by Gasteiger charge is -2.34. The van der Waals surface area contributed by atoms with Crippen LogP contribution in [0.15, 0.2) is 48.7 Å². The van der Waals surface area contributed by atoms with Gasteiger partial charge in [0.15, 0.2) is 0 Å². The highest BCUT2D eigenvalue weighted by Gasteiger charge is 2.24. The summed E-state index contributed by atoms with van der Waals surface area (Å²) in [4.78, 5) is 11.2. The molecule has 2 aromatic heterocycles. The van der Waals surface area contributed by atoms with Gasteiger partial charge in [0.1, 0.15) is 23.8 Å². The summed E-state index contributed by atoms with van der Waals surface area (Å²) in [5.74, 6) is 1.37. The van der Waals surface area contributed by atoms with Gasteiger partial charge in [0.2, 0.25) is 0 Å². The van der Waals surface area contributed by atoms with E-state index in [0.717, 1.165) is 30.8 Å². The maximum absolute atomic E-state index is 9.64. The summed E-state index contributed by atoms with van der Waals surface area (Å²) in [6.07, 6.45) is 3.48. The fourth-order valence-corrected chi connectivity index (χ4v) is 4.17. The van der Waals surface area contributed by atoms with E-state index in [1.54, 1.807) is 42.6 Å². The number of nitrogens with zero attached hydrogens (tertiary/aromatic N) is 5. The third kappa shape index (κ3) is 4.72. The smallest absolute Gasteiger partial charge is 0.147 e. The molecule has 3 heterocycles. The van der Waals surface area contributed by atoms with E-state index in [-0.39, 0.29) is 6.04 Å². The highest BCUT2D eigenvalue weighted by Crippen LogP contribution is 2.32. The fourth-order valence-electron chi connectivity index (χ4n) is 3.67. The first-order valence-corrected chi connectivity index (χ1v) is 10.6. The van der Waals surface area contributed by atoms with Crippen LogP contribution < -0.4 is 10.2 Å². The zero-order valence-corrected chi connectivity index (χ0v) is 18.0. The molecular weight excluding hydrogens is 431 g/mol. The van der Waals surface area contributed by atoms with Crippen molar-refractivity contribution in [2.75, 3.05) is 23.3 Å². The van der Waals surface area contributed by atoms with E-state index in [2.05, 4.69) is 27.3 Å². The third-order valence-electron chi connectivity index (χ3n) is 5.17. The first-order valence-electron chi connectivity index (χ1n) is 9.81. The minimum Gasteiger partial charge on any atom is -0.366 e. The lowest BCUT2D eigenvalue weighted by atomic mass is 10.0. The lowest BCUT2D eigenvalue weighted by molar-refractivity contribution is 0.525. The van der Waals surface area contributed by atoms with Gasteiger partial charge >= 0.3 is 0 Å². The maximum atomic E-state index is 9.64. The predicted octanol–water partition coefficient (Wildman–Crippen LogP) is 5.27. The number of nitrogens with one attached hydrogen (secondary N) is 1. The lowest BCUT2D eigenvalue weighted by Crippen LogP contribution is -2.43. The average Bonchev–Trinajstić information content (AvgIpc) is 2.79. The van der Waals surface area contributed by atoms with Crippen LogP contribution in [0.25, 0.3) is 11.3 Å². The molecular formula is C23H18Cl2N6. The van der Waals surface area contributed by atoms with Crippen molar-refractivity contribution in [3.63, 3.8) is 0 Å². The predicted molar refractivity (Wildman–Crippen MR) is 122 cm³/mol. The number of hydrogen-bond acceptors (Lipinski definition) is 6. The summed E-state index contributed by atoms with van der Waals surface area (Å²) in [6.45, 7) is 1.49. The molecule has 8 heteroatoms. The van der Waals surface area contributed by atoms with E-state index in [4.69, 9.17) is 33.4 Å². The van der Waals surface area contributed by atoms with Gasteiger partial charge in [0.05, 0.1) is 21.8 Å². The Morgan fingerprint density at radius 1 is 1.06 bits per heavy atom. The number of aromatic nitrogens is 2. The number of nitriles is 2. The van der Waals surface area contributed by atoms with E-state index in [1.165, 1.54) is 0 Å². The van der Waals surface area contributed by atoms with E-state index in [0.29, 0.717) is 39.2 Å². The van der Waals surface area contributed by atoms with Gasteiger partial charge < -0.3 is 10.2 Å². The molecule has 0 saturated carbocycles. The highest BCUT2D eigenvalue weighted by atomic mass is 35.5. The summed E-state index contributed by atoms with van der Waals surface area (Å²) >= 11 is 12.4. The zero-order valence-electron chi connectivity index (χ0n) is 16.5. The van der Waals surface area contributed by atoms with Gasteiger partial charge in [0.25, 0.3) is 0 Å². The molecule has 1 N–H and O–H groups in total. The van der Waals surface area contributed by atoms with Crippen LogP contribution in [0.3, 0.4) is 0 Å². The summed E-state index contributed by atoms with van der Waals surface area (Å²) in [5, 5.41) is 23.1. The SMILES string of the molecule is N#Cc1ccc(NC2CCCN(c3nc(-c4ccc(Cl)cc4Cl)ccc3C#N)C2)nc1. The van der Waals surface area contributed by atoms with Gasteiger partial charge in [-0.15, -0.1) is 0 Å². The molecule has 31 heavy (non-hydrogen) atoms. The molecule has 0 radical (unpaired) electrons. The third-order valence-corrected chi connectivity index (χ3v) is 5.72. The first kappa shape index (κ1) is 20.9. The van der Waals surface area contributed by atoms with Crippen molar-refractivity contribution in [2.45, 2.75) is 18.9 Å². The zero-order chi connectivity index (χ0) is 21.8. The van der Waals surface area contributed by atoms with Crippen molar-refractivity contribution in [3.8, 4) is 23.4 Å². The maximum Gasteiger partial charge on any atom is 0.147 e. The molecule has 1 aliphatic rings. The molecule has 1 aliphatic heterocycles. The largest absolute Gasteiger partial charge is 0.366 e. The van der Waals surface area contributed by atoms with Crippen LogP contribution in [-0.4, -0.2) is 29.1 Å². The molecule has 1 unspecified atom stereocenters. The Hall–Kier alpha value is -3.32. The molecule has 6 nitrogen and oxygen atoms in total. The quantitative estimate of drug-likeness (QED) is 0.584. The molecule has 0 bridgehead atoms. The Balaban J connectivity index is 1.58. The van der Waals surface area contributed by atoms with E-state index in [9.17, 15) is 5.26 Å². The minimum atomic E-state index is 0.144. The number of benzene rings is 1. The number of pyridine rings is 2. The summed E-state index contributed by atoms with van der Waals surface area (Å²) < 4.78 is 0. The van der Waals surface area contributed by atoms with Crippen LogP contribution in [0, 0.1) is 22.7 Å². The minimum absolute atomic E-state index is 0.144. The molecule has 0 amide bonds. The Morgan fingerprint density at radius 2 is 1.94 bits per heavy atom. The standard InChI is InChI=1S/C23H18Cl2N6/c24-17-5-6-19(20(25)10-17)21-7-4-16(12-27)23(30-21)31-9-1-2-18(14-31)29-22-8-3-15(11-26)13-28-22/h3-8,10,13,18H,1-2,9,14H2,(H,28,29). The molecule has 1 atom stereocenters. The summed E-state index contributed by atoms with van der Waals surface area (Å²) in [7, 11) is 0. The van der Waals surface area contributed by atoms with Gasteiger partial charge in [-0.1, -0.05) is 23.2 Å². The number of hydrogen-bond donors (Lipinski definition) is 1. The van der Waals surface area contributed by atoms with Crippen molar-refractivity contribution in [1.82, 2.24) is 9.97 Å². The summed E-state index contributed by atoms with van der Waals surface area (Å²) in [5.41, 5.74) is 2.51. The van der Waals surface area contributed by atoms with Gasteiger partial charge in [-0.3, -0.25) is 0 Å². The van der Waals surface area contributed by atoms with Gasteiger partial charge in [-0.05, 0) is 55.3 Å². The monoisotopic (exact) mass is 448 g/mol. The normalized spacial score (nSPS) is 15.7. The molecule has 1 fully saturated rings. The topological polar surface area (TPSA) is 88.6 Å². The highest BCUT2D eigenvalue weighted by molar-refractivity contribution is 6.36. The molecule has 154 valence electrons. The van der Waals surface area contributed by atoms with Crippen molar-refractivity contribution in [1.29, 1.82) is 10.5 Å². The average molecular weight is 449 g/mol. The van der Waals surface area contributed by atoms with Gasteiger partial charge in [-0.2, -0.15) is 10.5 Å². The number of halogens is 2. The number of rotatable bonds is 4. The van der Waals surface area contributed by atoms with Crippen molar-refractivity contribution in [2.24, 2.45) is 0 Å². The Bertz CT molecular complexity index is 1180. The second kappa shape index (κ2) is 9.22. The molecule has 0 spiro atoms. The van der Waals surface area contributed by atoms with Crippen molar-refractivity contribution < 1.29 is 0 Å². The van der Waals surface area contributed by atoms with E-state index < -0.39 is 0 Å². The van der Waals surface area contributed by atoms with Gasteiger partial charge in [0, 0.05) is 35.9 Å². The Morgan fingerprint density at radius 3 is 2.65 bits per heavy atom. The fraction of sp³-hybridized carbons (Fsp3) is 0.217. The van der Waals surface area contributed by atoms with Crippen LogP contribution in [-0.2, 0) is 0 Å². The van der Waals surface area contributed by atoms with Crippen LogP contribution in [0.5, 0.6) is 0 Å². The molecule has 1 saturated heterocycles. The van der Waals surface area contributed by atoms with Crippen LogP contribution in [0.2, 0.25) is 10.0 Å². The van der Waals surface area contributed by atoms with E-state index in [1.807, 2.05) is 6.07 Å². The van der Waals surface area contributed by atoms with Crippen molar-refractivity contribution in [3.05, 3.63) is 69.8 Å². The Kier molecular flexibility index (Phi) is 6.23. The Labute approximate surface area is 190 Å². The molecule has 1 aromatic carbocycles. The summed E-state index contributed by atoms with van der Waals surface area (Å²) in [6, 6.07) is 16.9. The van der Waals surface area contributed by atoms with Crippen LogP contribution >= 0.6 is 23.2 Å². The molecule has 3 aromatic rings. The van der Waals surface area contributed by atoms with Gasteiger partial charge in [-0.25, -0.2) is 9.97 Å². The number of anilines is 2. The van der Waals surface area contributed by atoms with Crippen LogP contribution in [0.4, 0.5) is 11.6 Å². The second-order valence-electron chi connectivity index (χ2n) is 7.28. The van der Waals surface area contributed by atoms with Crippen molar-refractivity contribution >= 4 is 34.8 Å². The molecule has 0 aliphatic carbocycles. The first-order chi connectivity index (χ1) is 15.1. The number of piperidine rings is 1. The van der Waals surface area contributed by atoms with E-state index >= 15 is 0 Å². The van der Waals surface area contributed by atoms with Crippen LogP contribution in [0.1, 0.15) is 24.0 Å².